The third kappa shape index (κ3) is 2.64. The summed E-state index contributed by atoms with van der Waals surface area (Å²) in [5.74, 6) is -0.665. The van der Waals surface area contributed by atoms with E-state index in [-0.39, 0.29) is 17.2 Å². The quantitative estimate of drug-likeness (QED) is 0.773. The van der Waals surface area contributed by atoms with Crippen molar-refractivity contribution >= 4 is 27.3 Å². The molecule has 1 N–H and O–H groups in total. The van der Waals surface area contributed by atoms with Gasteiger partial charge in [-0.25, -0.2) is 13.4 Å². The van der Waals surface area contributed by atoms with Crippen LogP contribution in [-0.2, 0) is 19.6 Å². The highest BCUT2D eigenvalue weighted by Gasteiger charge is 2.44. The van der Waals surface area contributed by atoms with Gasteiger partial charge in [-0.15, -0.1) is 11.3 Å². The number of aliphatic hydroxyl groups excluding tert-OH is 1. The Morgan fingerprint density at radius 1 is 1.63 bits per heavy atom. The van der Waals surface area contributed by atoms with Gasteiger partial charge >= 0.3 is 5.97 Å². The highest BCUT2D eigenvalue weighted by Crippen LogP contribution is 2.29. The normalized spacial score (nSPS) is 24.6. The average Bonchev–Trinajstić information content (AvgIpc) is 2.95. The van der Waals surface area contributed by atoms with E-state index in [2.05, 4.69) is 9.72 Å². The molecule has 1 fully saturated rings. The highest BCUT2D eigenvalue weighted by molar-refractivity contribution is 7.91. The molecule has 0 radical (unpaired) electrons. The van der Waals surface area contributed by atoms with Gasteiger partial charge in [0.25, 0.3) is 10.0 Å². The first-order chi connectivity index (χ1) is 8.86. The standard InChI is InChI=1S/C10H14N2O5S2/c1-6-11-4-9(18-6)19(15,16)12-5-7(13)3-8(12)10(14)17-2/h4,7-8,13H,3,5H2,1-2H3. The lowest BCUT2D eigenvalue weighted by atomic mass is 10.2. The summed E-state index contributed by atoms with van der Waals surface area (Å²) >= 11 is 1.03. The number of β-amino-alcohol motifs (C(OH)–C–C–N with tert-alkyl or cyclic N) is 1. The Morgan fingerprint density at radius 2 is 2.32 bits per heavy atom. The predicted octanol–water partition coefficient (Wildman–Crippen LogP) is -0.252. The van der Waals surface area contributed by atoms with Crippen molar-refractivity contribution in [2.75, 3.05) is 13.7 Å². The van der Waals surface area contributed by atoms with E-state index < -0.39 is 28.1 Å². The minimum absolute atomic E-state index is 0.0453. The van der Waals surface area contributed by atoms with Crippen LogP contribution in [0.25, 0.3) is 0 Å². The van der Waals surface area contributed by atoms with E-state index in [1.54, 1.807) is 6.92 Å². The summed E-state index contributed by atoms with van der Waals surface area (Å²) in [5.41, 5.74) is 0. The van der Waals surface area contributed by atoms with Crippen molar-refractivity contribution in [1.82, 2.24) is 9.29 Å². The van der Waals surface area contributed by atoms with E-state index in [0.29, 0.717) is 5.01 Å². The third-order valence-corrected chi connectivity index (χ3v) is 6.09. The Balaban J connectivity index is 2.36. The number of ether oxygens (including phenoxy) is 1. The van der Waals surface area contributed by atoms with Crippen LogP contribution < -0.4 is 0 Å². The smallest absolute Gasteiger partial charge is 0.324 e. The first-order valence-corrected chi connectivity index (χ1v) is 7.82. The summed E-state index contributed by atoms with van der Waals surface area (Å²) in [7, 11) is -2.64. The molecule has 2 atom stereocenters. The maximum Gasteiger partial charge on any atom is 0.324 e. The zero-order valence-electron chi connectivity index (χ0n) is 10.4. The van der Waals surface area contributed by atoms with Crippen LogP contribution in [0.15, 0.2) is 10.4 Å². The summed E-state index contributed by atoms with van der Waals surface area (Å²) in [6.45, 7) is 1.58. The number of thiazole rings is 1. The Kier molecular flexibility index (Phi) is 3.90. The number of carbonyl (C=O) groups is 1. The van der Waals surface area contributed by atoms with Crippen LogP contribution in [-0.4, -0.2) is 54.6 Å². The van der Waals surface area contributed by atoms with Gasteiger partial charge in [0, 0.05) is 13.0 Å². The number of aryl methyl sites for hydroxylation is 1. The van der Waals surface area contributed by atoms with Gasteiger partial charge in [0.15, 0.2) is 4.21 Å². The molecule has 2 rings (SSSR count). The highest BCUT2D eigenvalue weighted by atomic mass is 32.2. The molecule has 1 saturated heterocycles. The number of hydrogen-bond acceptors (Lipinski definition) is 7. The molecule has 0 aromatic carbocycles. The number of nitrogens with zero attached hydrogens (tertiary/aromatic N) is 2. The topological polar surface area (TPSA) is 96.8 Å². The molecule has 0 spiro atoms. The molecule has 0 amide bonds. The first kappa shape index (κ1) is 14.4. The van der Waals surface area contributed by atoms with Crippen molar-refractivity contribution in [3.8, 4) is 0 Å². The minimum Gasteiger partial charge on any atom is -0.468 e. The average molecular weight is 306 g/mol. The molecule has 9 heteroatoms. The summed E-state index contributed by atoms with van der Waals surface area (Å²) in [4.78, 5) is 15.5. The molecule has 2 heterocycles. The zero-order chi connectivity index (χ0) is 14.2. The molecule has 106 valence electrons. The van der Waals surface area contributed by atoms with Crippen molar-refractivity contribution in [2.45, 2.75) is 29.7 Å². The van der Waals surface area contributed by atoms with Gasteiger partial charge in [0.05, 0.1) is 24.4 Å². The zero-order valence-corrected chi connectivity index (χ0v) is 12.1. The van der Waals surface area contributed by atoms with Crippen LogP contribution in [0.1, 0.15) is 11.4 Å². The molecule has 1 aromatic rings. The molecule has 2 unspecified atom stereocenters. The van der Waals surface area contributed by atoms with Crippen molar-refractivity contribution in [3.63, 3.8) is 0 Å². The van der Waals surface area contributed by atoms with Crippen molar-refractivity contribution in [3.05, 3.63) is 11.2 Å². The largest absolute Gasteiger partial charge is 0.468 e. The third-order valence-electron chi connectivity index (χ3n) is 2.87. The van der Waals surface area contributed by atoms with Gasteiger partial charge in [-0.3, -0.25) is 4.79 Å². The van der Waals surface area contributed by atoms with Crippen LogP contribution in [0.3, 0.4) is 0 Å². The van der Waals surface area contributed by atoms with Crippen LogP contribution in [0, 0.1) is 6.92 Å². The van der Waals surface area contributed by atoms with E-state index in [0.717, 1.165) is 15.6 Å². The molecular weight excluding hydrogens is 292 g/mol. The molecule has 1 aromatic heterocycles. The van der Waals surface area contributed by atoms with Gasteiger partial charge in [-0.1, -0.05) is 0 Å². The lowest BCUT2D eigenvalue weighted by Crippen LogP contribution is -2.40. The summed E-state index contributed by atoms with van der Waals surface area (Å²) in [6.07, 6.45) is 0.436. The molecule has 0 aliphatic carbocycles. The monoisotopic (exact) mass is 306 g/mol. The number of carbonyl (C=O) groups excluding carboxylic acids is 1. The number of hydrogen-bond donors (Lipinski definition) is 1. The van der Waals surface area contributed by atoms with Crippen LogP contribution in [0.2, 0.25) is 0 Å². The van der Waals surface area contributed by atoms with E-state index >= 15 is 0 Å². The van der Waals surface area contributed by atoms with Crippen LogP contribution in [0.5, 0.6) is 0 Å². The molecule has 1 aliphatic heterocycles. The number of aliphatic hydroxyl groups is 1. The van der Waals surface area contributed by atoms with Crippen LogP contribution >= 0.6 is 11.3 Å². The van der Waals surface area contributed by atoms with Gasteiger partial charge in [-0.2, -0.15) is 4.31 Å². The molecule has 0 bridgehead atoms. The number of methoxy groups -OCH3 is 1. The number of aromatic nitrogens is 1. The Morgan fingerprint density at radius 3 is 2.84 bits per heavy atom. The second-order valence-electron chi connectivity index (χ2n) is 4.20. The van der Waals surface area contributed by atoms with Gasteiger partial charge < -0.3 is 9.84 Å². The minimum atomic E-state index is -3.83. The molecule has 0 saturated carbocycles. The predicted molar refractivity (Wildman–Crippen MR) is 67.2 cm³/mol. The lowest BCUT2D eigenvalue weighted by molar-refractivity contribution is -0.144. The lowest BCUT2D eigenvalue weighted by Gasteiger charge is -2.20. The summed E-state index contributed by atoms with van der Waals surface area (Å²) < 4.78 is 30.4. The molecule has 7 nitrogen and oxygen atoms in total. The summed E-state index contributed by atoms with van der Waals surface area (Å²) in [6, 6.07) is -0.979. The second kappa shape index (κ2) is 5.16. The van der Waals surface area contributed by atoms with E-state index in [1.165, 1.54) is 13.3 Å². The number of sulfonamides is 1. The SMILES string of the molecule is COC(=O)C1CC(O)CN1S(=O)(=O)c1cnc(C)s1. The maximum absolute atomic E-state index is 12.4. The fourth-order valence-electron chi connectivity index (χ4n) is 1.98. The van der Waals surface area contributed by atoms with Gasteiger partial charge in [0.1, 0.15) is 6.04 Å². The van der Waals surface area contributed by atoms with Gasteiger partial charge in [0.2, 0.25) is 0 Å². The van der Waals surface area contributed by atoms with Crippen LogP contribution in [0.4, 0.5) is 0 Å². The van der Waals surface area contributed by atoms with E-state index in [1.807, 2.05) is 0 Å². The fraction of sp³-hybridized carbons (Fsp3) is 0.600. The molecule has 19 heavy (non-hydrogen) atoms. The second-order valence-corrected chi connectivity index (χ2v) is 7.55. The fourth-order valence-corrected chi connectivity index (χ4v) is 4.84. The van der Waals surface area contributed by atoms with E-state index in [9.17, 15) is 18.3 Å². The van der Waals surface area contributed by atoms with Gasteiger partial charge in [-0.05, 0) is 6.92 Å². The van der Waals surface area contributed by atoms with Crippen molar-refractivity contribution < 1.29 is 23.1 Å². The Labute approximate surface area is 114 Å². The van der Waals surface area contributed by atoms with Crippen molar-refractivity contribution in [1.29, 1.82) is 0 Å². The molecule has 1 aliphatic rings. The Bertz CT molecular complexity index is 582. The number of esters is 1. The number of rotatable bonds is 3. The molecular formula is C10H14N2O5S2. The first-order valence-electron chi connectivity index (χ1n) is 5.56. The summed E-state index contributed by atoms with van der Waals surface area (Å²) in [5, 5.41) is 10.2. The van der Waals surface area contributed by atoms with Crippen molar-refractivity contribution in [2.24, 2.45) is 0 Å². The Hall–Kier alpha value is -1.03. The maximum atomic E-state index is 12.4. The van der Waals surface area contributed by atoms with E-state index in [4.69, 9.17) is 0 Å².